The van der Waals surface area contributed by atoms with Crippen LogP contribution in [0.1, 0.15) is 5.01 Å². The summed E-state index contributed by atoms with van der Waals surface area (Å²) in [7, 11) is 0. The number of nitrogens with two attached hydrogens (primary N) is 1. The first-order valence-corrected chi connectivity index (χ1v) is 6.16. The molecule has 0 aliphatic heterocycles. The molecule has 2 nitrogen and oxygen atoms in total. The monoisotopic (exact) mass is 268 g/mol. The first kappa shape index (κ1) is 9.68. The van der Waals surface area contributed by atoms with Gasteiger partial charge in [0.05, 0.1) is 11.0 Å². The fourth-order valence-electron chi connectivity index (χ4n) is 1.16. The van der Waals surface area contributed by atoms with Crippen molar-refractivity contribution in [1.82, 2.24) is 4.98 Å². The van der Waals surface area contributed by atoms with E-state index in [0.29, 0.717) is 0 Å². The Bertz CT molecular complexity index is 422. The van der Waals surface area contributed by atoms with Crippen molar-refractivity contribution in [3.63, 3.8) is 0 Å². The summed E-state index contributed by atoms with van der Waals surface area (Å²) in [4.78, 5) is 4.46. The molecule has 4 heteroatoms. The molecular formula is C10H9BrN2S. The Kier molecular flexibility index (Phi) is 2.84. The zero-order valence-corrected chi connectivity index (χ0v) is 9.81. The van der Waals surface area contributed by atoms with E-state index in [1.807, 2.05) is 24.3 Å². The van der Waals surface area contributed by atoms with Crippen molar-refractivity contribution in [1.29, 1.82) is 0 Å². The van der Waals surface area contributed by atoms with Gasteiger partial charge in [0.1, 0.15) is 5.01 Å². The Morgan fingerprint density at radius 1 is 1.29 bits per heavy atom. The average molecular weight is 269 g/mol. The van der Waals surface area contributed by atoms with E-state index in [9.17, 15) is 0 Å². The number of nitrogen functional groups attached to an aromatic ring is 1. The summed E-state index contributed by atoms with van der Waals surface area (Å²) in [5.41, 5.74) is 8.52. The van der Waals surface area contributed by atoms with E-state index in [1.165, 1.54) is 0 Å². The number of thiazole rings is 1. The van der Waals surface area contributed by atoms with Gasteiger partial charge in [-0.15, -0.1) is 11.3 Å². The fraction of sp³-hybridized carbons (Fsp3) is 0.100. The van der Waals surface area contributed by atoms with Gasteiger partial charge in [-0.2, -0.15) is 0 Å². The molecule has 14 heavy (non-hydrogen) atoms. The van der Waals surface area contributed by atoms with Crippen molar-refractivity contribution in [2.45, 2.75) is 5.33 Å². The van der Waals surface area contributed by atoms with Crippen molar-refractivity contribution < 1.29 is 0 Å². The molecule has 1 aromatic carbocycles. The van der Waals surface area contributed by atoms with E-state index in [4.69, 9.17) is 5.73 Å². The summed E-state index contributed by atoms with van der Waals surface area (Å²) in [5, 5.41) is 3.96. The highest BCUT2D eigenvalue weighted by molar-refractivity contribution is 9.08. The average Bonchev–Trinajstić information content (AvgIpc) is 2.67. The van der Waals surface area contributed by atoms with E-state index < -0.39 is 0 Å². The highest BCUT2D eigenvalue weighted by Crippen LogP contribution is 2.23. The second kappa shape index (κ2) is 4.11. The predicted molar refractivity (Wildman–Crippen MR) is 64.6 cm³/mol. The zero-order valence-electron chi connectivity index (χ0n) is 7.40. The van der Waals surface area contributed by atoms with Gasteiger partial charge in [-0.25, -0.2) is 4.98 Å². The Labute approximate surface area is 94.9 Å². The fourth-order valence-corrected chi connectivity index (χ4v) is 2.33. The van der Waals surface area contributed by atoms with Gasteiger partial charge in [-0.05, 0) is 12.1 Å². The van der Waals surface area contributed by atoms with Crippen molar-refractivity contribution in [2.24, 2.45) is 0 Å². The predicted octanol–water partition coefficient (Wildman–Crippen LogP) is 3.29. The van der Waals surface area contributed by atoms with Crippen LogP contribution in [-0.4, -0.2) is 4.98 Å². The number of hydrogen-bond donors (Lipinski definition) is 1. The van der Waals surface area contributed by atoms with Crippen LogP contribution in [-0.2, 0) is 5.33 Å². The van der Waals surface area contributed by atoms with Gasteiger partial charge in [0.25, 0.3) is 0 Å². The topological polar surface area (TPSA) is 38.9 Å². The summed E-state index contributed by atoms with van der Waals surface area (Å²) >= 11 is 5.04. The zero-order chi connectivity index (χ0) is 9.97. The number of benzene rings is 1. The lowest BCUT2D eigenvalue weighted by atomic mass is 10.1. The Hall–Kier alpha value is -0.870. The normalized spacial score (nSPS) is 10.4. The van der Waals surface area contributed by atoms with E-state index in [2.05, 4.69) is 26.3 Å². The molecule has 0 aliphatic carbocycles. The number of nitrogens with zero attached hydrogens (tertiary/aromatic N) is 1. The van der Waals surface area contributed by atoms with Crippen LogP contribution in [0.3, 0.4) is 0 Å². The first-order chi connectivity index (χ1) is 6.79. The maximum Gasteiger partial charge on any atom is 0.104 e. The third-order valence-corrected chi connectivity index (χ3v) is 3.62. The summed E-state index contributed by atoms with van der Waals surface area (Å²) in [6.07, 6.45) is 0. The number of aromatic nitrogens is 1. The lowest BCUT2D eigenvalue weighted by Crippen LogP contribution is -1.84. The van der Waals surface area contributed by atoms with Crippen LogP contribution in [0.15, 0.2) is 29.6 Å². The van der Waals surface area contributed by atoms with Gasteiger partial charge in [0.2, 0.25) is 0 Å². The molecule has 0 saturated carbocycles. The number of rotatable bonds is 2. The summed E-state index contributed by atoms with van der Waals surface area (Å²) in [5.74, 6) is 0. The third-order valence-electron chi connectivity index (χ3n) is 1.87. The molecule has 0 unspecified atom stereocenters. The Balaban J connectivity index is 2.34. The molecule has 0 amide bonds. The molecule has 2 N–H and O–H groups in total. The molecule has 0 atom stereocenters. The first-order valence-electron chi connectivity index (χ1n) is 4.16. The molecule has 0 saturated heterocycles. The lowest BCUT2D eigenvalue weighted by molar-refractivity contribution is 1.28. The number of hydrogen-bond acceptors (Lipinski definition) is 3. The Morgan fingerprint density at radius 3 is 2.57 bits per heavy atom. The number of anilines is 1. The van der Waals surface area contributed by atoms with Crippen LogP contribution < -0.4 is 5.73 Å². The van der Waals surface area contributed by atoms with Crippen LogP contribution in [0.2, 0.25) is 0 Å². The smallest absolute Gasteiger partial charge is 0.104 e. The second-order valence-corrected chi connectivity index (χ2v) is 4.39. The van der Waals surface area contributed by atoms with Crippen molar-refractivity contribution in [2.75, 3.05) is 5.73 Å². The molecule has 2 aromatic rings. The van der Waals surface area contributed by atoms with Crippen molar-refractivity contribution >= 4 is 33.0 Å². The van der Waals surface area contributed by atoms with Crippen LogP contribution in [0.4, 0.5) is 5.69 Å². The largest absolute Gasteiger partial charge is 0.399 e. The van der Waals surface area contributed by atoms with Gasteiger partial charge >= 0.3 is 0 Å². The summed E-state index contributed by atoms with van der Waals surface area (Å²) < 4.78 is 0. The van der Waals surface area contributed by atoms with Crippen molar-refractivity contribution in [3.05, 3.63) is 34.7 Å². The maximum atomic E-state index is 5.61. The van der Waals surface area contributed by atoms with E-state index in [1.54, 1.807) is 11.3 Å². The van der Waals surface area contributed by atoms with Gasteiger partial charge in [-0.3, -0.25) is 0 Å². The Morgan fingerprint density at radius 2 is 2.00 bits per heavy atom. The van der Waals surface area contributed by atoms with Gasteiger partial charge in [0, 0.05) is 16.6 Å². The molecule has 2 rings (SSSR count). The second-order valence-electron chi connectivity index (χ2n) is 2.88. The SMILES string of the molecule is Nc1ccc(-c2csc(CBr)n2)cc1. The molecule has 0 fully saturated rings. The minimum atomic E-state index is 0.782. The molecule has 1 aromatic heterocycles. The standard InChI is InChI=1S/C10H9BrN2S/c11-5-10-13-9(6-14-10)7-1-3-8(12)4-2-7/h1-4,6H,5,12H2. The van der Waals surface area contributed by atoms with E-state index in [0.717, 1.165) is 27.3 Å². The molecule has 1 heterocycles. The number of alkyl halides is 1. The maximum absolute atomic E-state index is 5.61. The van der Waals surface area contributed by atoms with Crippen LogP contribution in [0.5, 0.6) is 0 Å². The minimum absolute atomic E-state index is 0.782. The molecule has 0 radical (unpaired) electrons. The van der Waals surface area contributed by atoms with Crippen LogP contribution in [0.25, 0.3) is 11.3 Å². The van der Waals surface area contributed by atoms with Gasteiger partial charge in [0.15, 0.2) is 0 Å². The quantitative estimate of drug-likeness (QED) is 0.671. The highest BCUT2D eigenvalue weighted by atomic mass is 79.9. The van der Waals surface area contributed by atoms with E-state index in [-0.39, 0.29) is 0 Å². The van der Waals surface area contributed by atoms with Crippen molar-refractivity contribution in [3.8, 4) is 11.3 Å². The van der Waals surface area contributed by atoms with Crippen LogP contribution >= 0.6 is 27.3 Å². The van der Waals surface area contributed by atoms with Crippen LogP contribution in [0, 0.1) is 0 Å². The summed E-state index contributed by atoms with van der Waals surface area (Å²) in [6.45, 7) is 0. The summed E-state index contributed by atoms with van der Waals surface area (Å²) in [6, 6.07) is 7.76. The van der Waals surface area contributed by atoms with Gasteiger partial charge in [-0.1, -0.05) is 28.1 Å². The molecular weight excluding hydrogens is 260 g/mol. The number of halogens is 1. The minimum Gasteiger partial charge on any atom is -0.399 e. The lowest BCUT2D eigenvalue weighted by Gasteiger charge is -1.96. The third kappa shape index (κ3) is 1.96. The molecule has 0 bridgehead atoms. The van der Waals surface area contributed by atoms with E-state index >= 15 is 0 Å². The highest BCUT2D eigenvalue weighted by Gasteiger charge is 2.02. The molecule has 72 valence electrons. The molecule has 0 spiro atoms. The van der Waals surface area contributed by atoms with Gasteiger partial charge < -0.3 is 5.73 Å². The molecule has 0 aliphatic rings.